The van der Waals surface area contributed by atoms with Gasteiger partial charge in [-0.1, -0.05) is 60.8 Å². The van der Waals surface area contributed by atoms with Crippen molar-refractivity contribution in [1.29, 1.82) is 0 Å². The fourth-order valence-electron chi connectivity index (χ4n) is 2.13. The highest BCUT2D eigenvalue weighted by molar-refractivity contribution is 4.61. The first-order valence-electron chi connectivity index (χ1n) is 9.44. The van der Waals surface area contributed by atoms with Crippen LogP contribution in [0.3, 0.4) is 0 Å². The Bertz CT molecular complexity index is 225. The molecule has 0 aromatic rings. The third-order valence-electron chi connectivity index (χ3n) is 3.71. The van der Waals surface area contributed by atoms with Gasteiger partial charge in [0, 0.05) is 13.2 Å². The zero-order valence-electron chi connectivity index (χ0n) is 16.7. The first-order valence-corrected chi connectivity index (χ1v) is 9.44. The van der Waals surface area contributed by atoms with Crippen LogP contribution < -0.4 is 0 Å². The molecular formula is C20H42O3. The summed E-state index contributed by atoms with van der Waals surface area (Å²) in [7, 11) is 0. The van der Waals surface area contributed by atoms with E-state index in [1.807, 2.05) is 0 Å². The van der Waals surface area contributed by atoms with Crippen LogP contribution in [-0.4, -0.2) is 39.6 Å². The Hall–Kier alpha value is -0.120. The Morgan fingerprint density at radius 2 is 0.870 bits per heavy atom. The molecule has 0 spiro atoms. The maximum atomic E-state index is 5.59. The average molecular weight is 331 g/mol. The summed E-state index contributed by atoms with van der Waals surface area (Å²) < 4.78 is 16.6. The molecule has 0 aliphatic rings. The summed E-state index contributed by atoms with van der Waals surface area (Å²) >= 11 is 0. The number of unbranched alkanes of at least 4 members (excludes halogenated alkanes) is 3. The van der Waals surface area contributed by atoms with Gasteiger partial charge in [0.15, 0.2) is 0 Å². The monoisotopic (exact) mass is 330 g/mol. The highest BCUT2D eigenvalue weighted by atomic mass is 16.5. The van der Waals surface area contributed by atoms with E-state index in [9.17, 15) is 0 Å². The Labute approximate surface area is 145 Å². The molecule has 140 valence electrons. The maximum absolute atomic E-state index is 5.59. The fraction of sp³-hybridized carbons (Fsp3) is 1.00. The van der Waals surface area contributed by atoms with Crippen LogP contribution >= 0.6 is 0 Å². The third kappa shape index (κ3) is 21.9. The van der Waals surface area contributed by atoms with E-state index in [0.717, 1.165) is 19.6 Å². The van der Waals surface area contributed by atoms with E-state index in [4.69, 9.17) is 14.2 Å². The molecule has 0 rings (SSSR count). The molecule has 23 heavy (non-hydrogen) atoms. The van der Waals surface area contributed by atoms with Crippen LogP contribution in [0.15, 0.2) is 0 Å². The quantitative estimate of drug-likeness (QED) is 0.395. The summed E-state index contributed by atoms with van der Waals surface area (Å²) in [6.07, 6.45) is 7.51. The molecule has 0 amide bonds. The molecule has 0 bridgehead atoms. The largest absolute Gasteiger partial charge is 0.379 e. The molecule has 0 aliphatic carbocycles. The van der Waals surface area contributed by atoms with Crippen molar-refractivity contribution in [2.45, 2.75) is 80.1 Å². The van der Waals surface area contributed by atoms with Crippen molar-refractivity contribution in [1.82, 2.24) is 0 Å². The van der Waals surface area contributed by atoms with Crippen LogP contribution in [0.2, 0.25) is 0 Å². The fourth-order valence-corrected chi connectivity index (χ4v) is 2.13. The number of hydrogen-bond donors (Lipinski definition) is 0. The lowest BCUT2D eigenvalue weighted by Crippen LogP contribution is -2.13. The summed E-state index contributed by atoms with van der Waals surface area (Å²) in [6, 6.07) is 0. The van der Waals surface area contributed by atoms with Gasteiger partial charge in [-0.25, -0.2) is 0 Å². The molecule has 0 N–H and O–H groups in total. The van der Waals surface area contributed by atoms with Crippen molar-refractivity contribution in [3.63, 3.8) is 0 Å². The standard InChI is InChI=1S/C20H42O3/c1-19(2,3)11-9-7-8-10-13-21-15-17-23-18-16-22-14-12-20(4,5)6/h7-18H2,1-6H3. The lowest BCUT2D eigenvalue weighted by molar-refractivity contribution is 0.00980. The Morgan fingerprint density at radius 1 is 0.435 bits per heavy atom. The Balaban J connectivity index is 3.08. The van der Waals surface area contributed by atoms with Gasteiger partial charge in [-0.05, 0) is 30.1 Å². The van der Waals surface area contributed by atoms with Crippen LogP contribution in [0.25, 0.3) is 0 Å². The SMILES string of the molecule is CC(C)(C)CCCCCCOCCOCCOCCC(C)(C)C. The highest BCUT2D eigenvalue weighted by Crippen LogP contribution is 2.22. The molecular weight excluding hydrogens is 288 g/mol. The van der Waals surface area contributed by atoms with Crippen LogP contribution in [0.5, 0.6) is 0 Å². The minimum Gasteiger partial charge on any atom is -0.379 e. The number of hydrogen-bond acceptors (Lipinski definition) is 3. The van der Waals surface area contributed by atoms with Gasteiger partial charge in [0.2, 0.25) is 0 Å². The minimum atomic E-state index is 0.349. The number of rotatable bonds is 14. The zero-order valence-corrected chi connectivity index (χ0v) is 16.7. The van der Waals surface area contributed by atoms with Crippen molar-refractivity contribution in [3.8, 4) is 0 Å². The summed E-state index contributed by atoms with van der Waals surface area (Å²) in [5.74, 6) is 0. The average Bonchev–Trinajstić information content (AvgIpc) is 2.40. The summed E-state index contributed by atoms with van der Waals surface area (Å²) in [6.45, 7) is 18.0. The third-order valence-corrected chi connectivity index (χ3v) is 3.71. The lowest BCUT2D eigenvalue weighted by atomic mass is 9.89. The summed E-state index contributed by atoms with van der Waals surface area (Å²) in [5, 5.41) is 0. The van der Waals surface area contributed by atoms with Gasteiger partial charge in [-0.2, -0.15) is 0 Å². The molecule has 0 aromatic carbocycles. The molecule has 3 heteroatoms. The van der Waals surface area contributed by atoms with Gasteiger partial charge < -0.3 is 14.2 Å². The van der Waals surface area contributed by atoms with Gasteiger partial charge in [0.25, 0.3) is 0 Å². The Morgan fingerprint density at radius 3 is 1.39 bits per heavy atom. The van der Waals surface area contributed by atoms with Crippen LogP contribution in [0.4, 0.5) is 0 Å². The molecule has 0 radical (unpaired) electrons. The summed E-state index contributed by atoms with van der Waals surface area (Å²) in [4.78, 5) is 0. The molecule has 0 aliphatic heterocycles. The van der Waals surface area contributed by atoms with Crippen molar-refractivity contribution in [2.75, 3.05) is 39.6 Å². The van der Waals surface area contributed by atoms with Crippen LogP contribution in [0.1, 0.15) is 80.1 Å². The van der Waals surface area contributed by atoms with Crippen molar-refractivity contribution < 1.29 is 14.2 Å². The smallest absolute Gasteiger partial charge is 0.0701 e. The second-order valence-electron chi connectivity index (χ2n) is 8.87. The lowest BCUT2D eigenvalue weighted by Gasteiger charge is -2.17. The van der Waals surface area contributed by atoms with Crippen molar-refractivity contribution >= 4 is 0 Å². The van der Waals surface area contributed by atoms with Gasteiger partial charge >= 0.3 is 0 Å². The molecule has 0 aromatic heterocycles. The van der Waals surface area contributed by atoms with Crippen molar-refractivity contribution in [2.24, 2.45) is 10.8 Å². The van der Waals surface area contributed by atoms with Gasteiger partial charge in [-0.3, -0.25) is 0 Å². The molecule has 0 saturated heterocycles. The van der Waals surface area contributed by atoms with Gasteiger partial charge in [0.1, 0.15) is 0 Å². The zero-order chi connectivity index (χ0) is 17.6. The van der Waals surface area contributed by atoms with E-state index in [0.29, 0.717) is 37.3 Å². The minimum absolute atomic E-state index is 0.349. The normalized spacial score (nSPS) is 12.8. The molecule has 0 unspecified atom stereocenters. The van der Waals surface area contributed by atoms with E-state index in [1.165, 1.54) is 32.1 Å². The summed E-state index contributed by atoms with van der Waals surface area (Å²) in [5.41, 5.74) is 0.825. The predicted octanol–water partition coefficient (Wildman–Crippen LogP) is 5.47. The Kier molecular flexibility index (Phi) is 13.1. The van der Waals surface area contributed by atoms with E-state index in [2.05, 4.69) is 41.5 Å². The molecule has 3 nitrogen and oxygen atoms in total. The highest BCUT2D eigenvalue weighted by Gasteiger charge is 2.09. The topological polar surface area (TPSA) is 27.7 Å². The van der Waals surface area contributed by atoms with E-state index >= 15 is 0 Å². The van der Waals surface area contributed by atoms with Crippen LogP contribution in [0, 0.1) is 10.8 Å². The molecule has 0 fully saturated rings. The second-order valence-corrected chi connectivity index (χ2v) is 8.87. The number of ether oxygens (including phenoxy) is 3. The van der Waals surface area contributed by atoms with Crippen LogP contribution in [-0.2, 0) is 14.2 Å². The molecule has 0 atom stereocenters. The second kappa shape index (κ2) is 13.2. The van der Waals surface area contributed by atoms with E-state index in [-0.39, 0.29) is 0 Å². The first kappa shape index (κ1) is 22.9. The molecule has 0 saturated carbocycles. The maximum Gasteiger partial charge on any atom is 0.0701 e. The predicted molar refractivity (Wildman–Crippen MR) is 99.1 cm³/mol. The first-order chi connectivity index (χ1) is 10.7. The molecule has 0 heterocycles. The van der Waals surface area contributed by atoms with Gasteiger partial charge in [0.05, 0.1) is 26.4 Å². The van der Waals surface area contributed by atoms with E-state index < -0.39 is 0 Å². The van der Waals surface area contributed by atoms with Gasteiger partial charge in [-0.15, -0.1) is 0 Å². The van der Waals surface area contributed by atoms with Crippen molar-refractivity contribution in [3.05, 3.63) is 0 Å². The van der Waals surface area contributed by atoms with E-state index in [1.54, 1.807) is 0 Å².